The second-order valence-corrected chi connectivity index (χ2v) is 7.45. The predicted molar refractivity (Wildman–Crippen MR) is 92.7 cm³/mol. The SMILES string of the molecule is CCOC(=O)C1CC1c1c(CBr)cccc1C1CCC(F)(F)CC1. The van der Waals surface area contributed by atoms with Crippen molar-refractivity contribution in [3.05, 3.63) is 34.9 Å². The Morgan fingerprint density at radius 1 is 1.33 bits per heavy atom. The van der Waals surface area contributed by atoms with Gasteiger partial charge in [-0.3, -0.25) is 4.79 Å². The predicted octanol–water partition coefficient (Wildman–Crippen LogP) is 5.54. The molecular formula is C19H23BrF2O2. The molecule has 2 aliphatic carbocycles. The van der Waals surface area contributed by atoms with Gasteiger partial charge in [0, 0.05) is 18.2 Å². The average Bonchev–Trinajstić information content (AvgIpc) is 3.35. The highest BCUT2D eigenvalue weighted by Gasteiger charge is 2.47. The molecule has 2 nitrogen and oxygen atoms in total. The van der Waals surface area contributed by atoms with Crippen LogP contribution in [0.4, 0.5) is 8.78 Å². The van der Waals surface area contributed by atoms with E-state index in [4.69, 9.17) is 4.74 Å². The first-order chi connectivity index (χ1) is 11.5. The van der Waals surface area contributed by atoms with Gasteiger partial charge in [0.05, 0.1) is 12.5 Å². The van der Waals surface area contributed by atoms with Crippen LogP contribution in [-0.2, 0) is 14.9 Å². The monoisotopic (exact) mass is 400 g/mol. The molecule has 0 N–H and O–H groups in total. The first-order valence-electron chi connectivity index (χ1n) is 8.69. The molecule has 132 valence electrons. The molecule has 0 aliphatic heterocycles. The summed E-state index contributed by atoms with van der Waals surface area (Å²) in [6, 6.07) is 6.13. The second kappa shape index (κ2) is 7.11. The number of benzene rings is 1. The highest BCUT2D eigenvalue weighted by Crippen LogP contribution is 2.53. The Balaban J connectivity index is 1.85. The van der Waals surface area contributed by atoms with Gasteiger partial charge in [-0.05, 0) is 54.7 Å². The summed E-state index contributed by atoms with van der Waals surface area (Å²) in [4.78, 5) is 12.0. The van der Waals surface area contributed by atoms with Gasteiger partial charge in [0.2, 0.25) is 5.92 Å². The number of halogens is 3. The highest BCUT2D eigenvalue weighted by atomic mass is 79.9. The van der Waals surface area contributed by atoms with Gasteiger partial charge in [-0.15, -0.1) is 0 Å². The summed E-state index contributed by atoms with van der Waals surface area (Å²) in [6.07, 6.45) is 1.76. The molecule has 2 aliphatic rings. The fraction of sp³-hybridized carbons (Fsp3) is 0.632. The number of carbonyl (C=O) groups excluding carboxylic acids is 1. The maximum atomic E-state index is 13.5. The van der Waals surface area contributed by atoms with E-state index in [0.29, 0.717) is 24.8 Å². The molecular weight excluding hydrogens is 378 g/mol. The van der Waals surface area contributed by atoms with Crippen molar-refractivity contribution in [3.8, 4) is 0 Å². The summed E-state index contributed by atoms with van der Waals surface area (Å²) >= 11 is 3.53. The van der Waals surface area contributed by atoms with Gasteiger partial charge in [0.1, 0.15) is 0 Å². The summed E-state index contributed by atoms with van der Waals surface area (Å²) in [5.41, 5.74) is 3.53. The molecule has 1 aromatic carbocycles. The van der Waals surface area contributed by atoms with Gasteiger partial charge in [-0.1, -0.05) is 34.1 Å². The van der Waals surface area contributed by atoms with Crippen LogP contribution in [0.5, 0.6) is 0 Å². The molecule has 0 amide bonds. The Morgan fingerprint density at radius 2 is 2.04 bits per heavy atom. The molecule has 0 heterocycles. The van der Waals surface area contributed by atoms with Gasteiger partial charge in [0.15, 0.2) is 0 Å². The van der Waals surface area contributed by atoms with Crippen molar-refractivity contribution in [2.45, 2.75) is 62.1 Å². The highest BCUT2D eigenvalue weighted by molar-refractivity contribution is 9.08. The minimum Gasteiger partial charge on any atom is -0.466 e. The quantitative estimate of drug-likeness (QED) is 0.478. The van der Waals surface area contributed by atoms with Crippen LogP contribution in [0.1, 0.15) is 67.6 Å². The molecule has 2 saturated carbocycles. The summed E-state index contributed by atoms with van der Waals surface area (Å²) in [5, 5.41) is 0.713. The van der Waals surface area contributed by atoms with Crippen molar-refractivity contribution >= 4 is 21.9 Å². The summed E-state index contributed by atoms with van der Waals surface area (Å²) in [6.45, 7) is 2.21. The summed E-state index contributed by atoms with van der Waals surface area (Å²) < 4.78 is 32.1. The number of alkyl halides is 3. The lowest BCUT2D eigenvalue weighted by atomic mass is 9.78. The molecule has 3 rings (SSSR count). The molecule has 0 spiro atoms. The lowest BCUT2D eigenvalue weighted by Crippen LogP contribution is -2.24. The number of rotatable bonds is 5. The van der Waals surface area contributed by atoms with Crippen LogP contribution in [-0.4, -0.2) is 18.5 Å². The van der Waals surface area contributed by atoms with Crippen LogP contribution in [0.25, 0.3) is 0 Å². The molecule has 2 unspecified atom stereocenters. The Labute approximate surface area is 150 Å². The van der Waals surface area contributed by atoms with E-state index in [1.54, 1.807) is 0 Å². The van der Waals surface area contributed by atoms with Gasteiger partial charge in [0.25, 0.3) is 0 Å². The first-order valence-corrected chi connectivity index (χ1v) is 9.81. The zero-order valence-corrected chi connectivity index (χ0v) is 15.5. The van der Waals surface area contributed by atoms with E-state index in [2.05, 4.69) is 28.1 Å². The van der Waals surface area contributed by atoms with Crippen LogP contribution in [0.15, 0.2) is 18.2 Å². The van der Waals surface area contributed by atoms with E-state index in [9.17, 15) is 13.6 Å². The third-order valence-corrected chi connectivity index (χ3v) is 5.89. The Bertz CT molecular complexity index is 607. The molecule has 0 radical (unpaired) electrons. The third-order valence-electron chi connectivity index (χ3n) is 5.28. The number of hydrogen-bond acceptors (Lipinski definition) is 2. The minimum absolute atomic E-state index is 0.0401. The Morgan fingerprint density at radius 3 is 2.67 bits per heavy atom. The Kier molecular flexibility index (Phi) is 5.28. The fourth-order valence-corrected chi connectivity index (χ4v) is 4.42. The standard InChI is InChI=1S/C19H23BrF2O2/c1-2-24-18(23)16-10-15(16)17-13(11-20)4-3-5-14(17)12-6-8-19(21,22)9-7-12/h3-5,12,15-16H,2,6-11H2,1H3. The molecule has 2 atom stereocenters. The second-order valence-electron chi connectivity index (χ2n) is 6.88. The molecule has 5 heteroatoms. The van der Waals surface area contributed by atoms with Crippen LogP contribution < -0.4 is 0 Å². The third kappa shape index (κ3) is 3.66. The largest absolute Gasteiger partial charge is 0.466 e. The van der Waals surface area contributed by atoms with Crippen LogP contribution in [0.2, 0.25) is 0 Å². The van der Waals surface area contributed by atoms with E-state index in [-0.39, 0.29) is 36.6 Å². The fourth-order valence-electron chi connectivity index (χ4n) is 3.93. The minimum atomic E-state index is -2.52. The van der Waals surface area contributed by atoms with E-state index < -0.39 is 5.92 Å². The number of esters is 1. The molecule has 0 saturated heterocycles. The molecule has 0 aromatic heterocycles. The van der Waals surface area contributed by atoms with Crippen molar-refractivity contribution < 1.29 is 18.3 Å². The van der Waals surface area contributed by atoms with Crippen molar-refractivity contribution in [2.24, 2.45) is 5.92 Å². The number of ether oxygens (including phenoxy) is 1. The van der Waals surface area contributed by atoms with E-state index in [1.807, 2.05) is 13.0 Å². The molecule has 24 heavy (non-hydrogen) atoms. The van der Waals surface area contributed by atoms with Crippen molar-refractivity contribution in [1.82, 2.24) is 0 Å². The number of carbonyl (C=O) groups is 1. The Hall–Kier alpha value is -0.970. The first kappa shape index (κ1) is 17.8. The van der Waals surface area contributed by atoms with Crippen molar-refractivity contribution in [2.75, 3.05) is 6.61 Å². The van der Waals surface area contributed by atoms with Gasteiger partial charge < -0.3 is 4.74 Å². The van der Waals surface area contributed by atoms with Crippen molar-refractivity contribution in [1.29, 1.82) is 0 Å². The topological polar surface area (TPSA) is 26.3 Å². The van der Waals surface area contributed by atoms with Crippen LogP contribution >= 0.6 is 15.9 Å². The van der Waals surface area contributed by atoms with Gasteiger partial charge in [-0.2, -0.15) is 0 Å². The van der Waals surface area contributed by atoms with E-state index in [1.165, 1.54) is 16.7 Å². The summed E-state index contributed by atoms with van der Waals surface area (Å²) in [7, 11) is 0. The maximum absolute atomic E-state index is 13.5. The summed E-state index contributed by atoms with van der Waals surface area (Å²) in [5.74, 6) is -2.38. The molecule has 2 fully saturated rings. The smallest absolute Gasteiger partial charge is 0.309 e. The van der Waals surface area contributed by atoms with Crippen LogP contribution in [0.3, 0.4) is 0 Å². The number of hydrogen-bond donors (Lipinski definition) is 0. The van der Waals surface area contributed by atoms with Gasteiger partial charge in [-0.25, -0.2) is 8.78 Å². The van der Waals surface area contributed by atoms with Crippen molar-refractivity contribution in [3.63, 3.8) is 0 Å². The van der Waals surface area contributed by atoms with Crippen LogP contribution in [0, 0.1) is 5.92 Å². The zero-order valence-electron chi connectivity index (χ0n) is 13.9. The maximum Gasteiger partial charge on any atom is 0.309 e. The zero-order chi connectivity index (χ0) is 17.3. The van der Waals surface area contributed by atoms with Gasteiger partial charge >= 0.3 is 5.97 Å². The van der Waals surface area contributed by atoms with E-state index >= 15 is 0 Å². The lowest BCUT2D eigenvalue weighted by Gasteiger charge is -2.30. The van der Waals surface area contributed by atoms with E-state index in [0.717, 1.165) is 6.42 Å². The lowest BCUT2D eigenvalue weighted by molar-refractivity contribution is -0.144. The average molecular weight is 401 g/mol. The molecule has 1 aromatic rings. The molecule has 0 bridgehead atoms. The normalized spacial score (nSPS) is 26.2.